The fourth-order valence-electron chi connectivity index (χ4n) is 4.04. The number of anilines is 1. The topological polar surface area (TPSA) is 35.9 Å². The zero-order valence-electron chi connectivity index (χ0n) is 17.8. The highest BCUT2D eigenvalue weighted by molar-refractivity contribution is 5.86. The van der Waals surface area contributed by atoms with Gasteiger partial charge in [0.2, 0.25) is 0 Å². The lowest BCUT2D eigenvalue weighted by Gasteiger charge is -2.18. The van der Waals surface area contributed by atoms with Crippen molar-refractivity contribution in [3.05, 3.63) is 126 Å². The van der Waals surface area contributed by atoms with Crippen LogP contribution in [0.2, 0.25) is 0 Å². The molecule has 0 unspecified atom stereocenters. The van der Waals surface area contributed by atoms with Crippen LogP contribution in [0, 0.1) is 5.41 Å². The van der Waals surface area contributed by atoms with Crippen molar-refractivity contribution >= 4 is 23.0 Å². The Hall–Kier alpha value is -3.65. The van der Waals surface area contributed by atoms with Gasteiger partial charge >= 0.3 is 0 Å². The first-order chi connectivity index (χ1) is 15.2. The van der Waals surface area contributed by atoms with Gasteiger partial charge in [-0.05, 0) is 65.7 Å². The summed E-state index contributed by atoms with van der Waals surface area (Å²) in [4.78, 5) is 0. The molecule has 2 heteroatoms. The second kappa shape index (κ2) is 9.90. The number of hydrogen-bond acceptors (Lipinski definition) is 2. The van der Waals surface area contributed by atoms with E-state index in [9.17, 15) is 0 Å². The summed E-state index contributed by atoms with van der Waals surface area (Å²) >= 11 is 0. The lowest BCUT2D eigenvalue weighted by molar-refractivity contribution is 0.983. The van der Waals surface area contributed by atoms with Crippen LogP contribution in [0.25, 0.3) is 11.1 Å². The van der Waals surface area contributed by atoms with E-state index in [0.29, 0.717) is 0 Å². The molecule has 0 aromatic heterocycles. The summed E-state index contributed by atoms with van der Waals surface area (Å²) in [5.74, 6) is 0. The number of allylic oxidation sites excluding steroid dienone is 11. The summed E-state index contributed by atoms with van der Waals surface area (Å²) < 4.78 is 0. The molecule has 0 saturated heterocycles. The van der Waals surface area contributed by atoms with E-state index in [1.165, 1.54) is 34.1 Å². The maximum atomic E-state index is 7.95. The third kappa shape index (κ3) is 5.10. The van der Waals surface area contributed by atoms with Crippen LogP contribution >= 0.6 is 0 Å². The van der Waals surface area contributed by atoms with Crippen molar-refractivity contribution in [2.45, 2.75) is 25.7 Å². The molecular weight excluding hydrogens is 376 g/mol. The minimum absolute atomic E-state index is 0.737. The predicted octanol–water partition coefficient (Wildman–Crippen LogP) is 7.73. The van der Waals surface area contributed by atoms with Gasteiger partial charge in [0.1, 0.15) is 0 Å². The molecule has 0 radical (unpaired) electrons. The van der Waals surface area contributed by atoms with Crippen LogP contribution in [0.3, 0.4) is 0 Å². The van der Waals surface area contributed by atoms with Crippen LogP contribution in [0.5, 0.6) is 0 Å². The third-order valence-electron chi connectivity index (χ3n) is 5.68. The van der Waals surface area contributed by atoms with Crippen molar-refractivity contribution in [2.75, 3.05) is 5.32 Å². The van der Waals surface area contributed by atoms with E-state index in [1.54, 1.807) is 0 Å². The highest BCUT2D eigenvalue weighted by atomic mass is 14.9. The molecule has 2 aliphatic rings. The first kappa shape index (κ1) is 20.6. The fourth-order valence-corrected chi connectivity index (χ4v) is 4.04. The van der Waals surface area contributed by atoms with Crippen molar-refractivity contribution in [1.29, 1.82) is 5.41 Å². The van der Waals surface area contributed by atoms with Gasteiger partial charge in [0, 0.05) is 17.5 Å². The van der Waals surface area contributed by atoms with Crippen LogP contribution in [0.1, 0.15) is 36.8 Å². The molecule has 31 heavy (non-hydrogen) atoms. The molecule has 0 aliphatic heterocycles. The smallest absolute Gasteiger partial charge is 0.0569 e. The lowest BCUT2D eigenvalue weighted by atomic mass is 9.91. The molecule has 2 aliphatic carbocycles. The summed E-state index contributed by atoms with van der Waals surface area (Å²) in [6.07, 6.45) is 18.4. The predicted molar refractivity (Wildman–Crippen MR) is 134 cm³/mol. The Labute approximate surface area is 185 Å². The minimum Gasteiger partial charge on any atom is -0.354 e. The van der Waals surface area contributed by atoms with E-state index in [-0.39, 0.29) is 0 Å². The minimum atomic E-state index is 0.737. The first-order valence-corrected chi connectivity index (χ1v) is 10.8. The Morgan fingerprint density at radius 3 is 2.55 bits per heavy atom. The molecule has 0 heterocycles. The van der Waals surface area contributed by atoms with Crippen molar-refractivity contribution in [3.63, 3.8) is 0 Å². The quantitative estimate of drug-likeness (QED) is 0.359. The second-order valence-corrected chi connectivity index (χ2v) is 7.83. The average Bonchev–Trinajstić information content (AvgIpc) is 2.85. The molecule has 4 rings (SSSR count). The van der Waals surface area contributed by atoms with E-state index in [1.807, 2.05) is 18.2 Å². The molecule has 0 fully saturated rings. The van der Waals surface area contributed by atoms with E-state index in [2.05, 4.69) is 84.7 Å². The lowest BCUT2D eigenvalue weighted by Crippen LogP contribution is -2.05. The van der Waals surface area contributed by atoms with Gasteiger partial charge in [-0.3, -0.25) is 0 Å². The van der Waals surface area contributed by atoms with Crippen LogP contribution < -0.4 is 5.32 Å². The molecule has 2 N–H and O–H groups in total. The van der Waals surface area contributed by atoms with Gasteiger partial charge in [0.15, 0.2) is 0 Å². The van der Waals surface area contributed by atoms with E-state index >= 15 is 0 Å². The Morgan fingerprint density at radius 1 is 0.968 bits per heavy atom. The van der Waals surface area contributed by atoms with Crippen molar-refractivity contribution < 1.29 is 0 Å². The Morgan fingerprint density at radius 2 is 1.77 bits per heavy atom. The molecule has 2 aromatic rings. The normalized spacial score (nSPS) is 16.1. The molecule has 0 bridgehead atoms. The van der Waals surface area contributed by atoms with E-state index in [4.69, 9.17) is 5.41 Å². The van der Waals surface area contributed by atoms with Gasteiger partial charge in [-0.1, -0.05) is 85.5 Å². The first-order valence-electron chi connectivity index (χ1n) is 10.8. The van der Waals surface area contributed by atoms with Gasteiger partial charge in [-0.2, -0.15) is 0 Å². The van der Waals surface area contributed by atoms with Gasteiger partial charge in [-0.15, -0.1) is 0 Å². The highest BCUT2D eigenvalue weighted by Crippen LogP contribution is 2.32. The number of hydrogen-bond donors (Lipinski definition) is 2. The van der Waals surface area contributed by atoms with Crippen molar-refractivity contribution in [3.8, 4) is 0 Å². The van der Waals surface area contributed by atoms with Crippen molar-refractivity contribution in [2.24, 2.45) is 0 Å². The zero-order valence-corrected chi connectivity index (χ0v) is 17.8. The van der Waals surface area contributed by atoms with Gasteiger partial charge < -0.3 is 10.7 Å². The Bertz CT molecular complexity index is 1120. The molecular formula is C29H28N2. The van der Waals surface area contributed by atoms with Gasteiger partial charge in [0.05, 0.1) is 5.70 Å². The van der Waals surface area contributed by atoms with Crippen LogP contribution in [0.4, 0.5) is 5.69 Å². The molecule has 2 nitrogen and oxygen atoms in total. The molecule has 0 atom stereocenters. The van der Waals surface area contributed by atoms with Crippen LogP contribution in [-0.4, -0.2) is 6.21 Å². The standard InChI is InChI=1S/C29H28N2/c1-22(25-15-10-16-26(20-25)23-11-4-2-5-12-23)19-27(21-30)31-29-18-9-8-17-28(29)24-13-6-3-7-14-24/h2-6,8-9,11-13,16-21,30-31H,1,7,10,14-15H2/b27-19+,30-21?. The summed E-state index contributed by atoms with van der Waals surface area (Å²) in [6.45, 7) is 4.31. The summed E-state index contributed by atoms with van der Waals surface area (Å²) in [6, 6.07) is 18.8. The number of rotatable bonds is 7. The highest BCUT2D eigenvalue weighted by Gasteiger charge is 2.12. The van der Waals surface area contributed by atoms with E-state index < -0.39 is 0 Å². The summed E-state index contributed by atoms with van der Waals surface area (Å²) in [5.41, 5.74) is 8.91. The summed E-state index contributed by atoms with van der Waals surface area (Å²) in [5, 5.41) is 11.4. The fraction of sp³-hybridized carbons (Fsp3) is 0.138. The monoisotopic (exact) mass is 404 g/mol. The Balaban J connectivity index is 1.56. The average molecular weight is 405 g/mol. The largest absolute Gasteiger partial charge is 0.354 e. The van der Waals surface area contributed by atoms with Gasteiger partial charge in [-0.25, -0.2) is 0 Å². The van der Waals surface area contributed by atoms with Gasteiger partial charge in [0.25, 0.3) is 0 Å². The molecule has 2 aromatic carbocycles. The maximum Gasteiger partial charge on any atom is 0.0569 e. The second-order valence-electron chi connectivity index (χ2n) is 7.83. The molecule has 0 saturated carbocycles. The number of nitrogens with one attached hydrogen (secondary N) is 2. The number of para-hydroxylation sites is 1. The third-order valence-corrected chi connectivity index (χ3v) is 5.68. The van der Waals surface area contributed by atoms with Crippen LogP contribution in [0.15, 0.2) is 114 Å². The summed E-state index contributed by atoms with van der Waals surface area (Å²) in [7, 11) is 0. The molecule has 0 spiro atoms. The van der Waals surface area contributed by atoms with Crippen LogP contribution in [-0.2, 0) is 0 Å². The van der Waals surface area contributed by atoms with Crippen molar-refractivity contribution in [1.82, 2.24) is 0 Å². The molecule has 0 amide bonds. The Kier molecular flexibility index (Phi) is 6.59. The SMILES string of the molecule is C=C(/C=C(\C=N)Nc1ccccc1C1=CC=CCC1)C1=CC(c2ccccc2)=CCC1. The number of benzene rings is 2. The molecule has 154 valence electrons. The zero-order chi connectivity index (χ0) is 21.5. The maximum absolute atomic E-state index is 7.95. The van der Waals surface area contributed by atoms with E-state index in [0.717, 1.165) is 42.6 Å².